The number of carbonyl (C=O) groups excluding carboxylic acids is 2. The smallest absolute Gasteiger partial charge is 0.253 e. The molecule has 0 fully saturated rings. The minimum Gasteiger partial charge on any atom is -0.352 e. The average molecular weight is 371 g/mol. The first-order valence-electron chi connectivity index (χ1n) is 8.99. The highest BCUT2D eigenvalue weighted by Gasteiger charge is 2.12. The quantitative estimate of drug-likeness (QED) is 0.606. The predicted octanol–water partition coefficient (Wildman–Crippen LogP) is 4.48. The van der Waals surface area contributed by atoms with Gasteiger partial charge in [0.05, 0.1) is 11.3 Å². The maximum Gasteiger partial charge on any atom is 0.253 e. The van der Waals surface area contributed by atoms with Gasteiger partial charge in [0.1, 0.15) is 0 Å². The number of rotatable bonds is 10. The van der Waals surface area contributed by atoms with Crippen LogP contribution in [0.1, 0.15) is 42.1 Å². The fourth-order valence-corrected chi connectivity index (χ4v) is 3.31. The van der Waals surface area contributed by atoms with E-state index in [0.717, 1.165) is 24.3 Å². The predicted molar refractivity (Wildman–Crippen MR) is 110 cm³/mol. The lowest BCUT2D eigenvalue weighted by Crippen LogP contribution is -2.26. The van der Waals surface area contributed by atoms with E-state index in [0.29, 0.717) is 24.2 Å². The Balaban J connectivity index is 1.80. The van der Waals surface area contributed by atoms with E-state index in [2.05, 4.69) is 29.7 Å². The number of para-hydroxylation sites is 1. The Bertz CT molecular complexity index is 704. The molecule has 0 aliphatic rings. The first-order valence-corrected chi connectivity index (χ1v) is 10.1. The molecular formula is C21H26N2O2S. The molecule has 0 saturated carbocycles. The van der Waals surface area contributed by atoms with Crippen molar-refractivity contribution in [1.29, 1.82) is 0 Å². The molecular weight excluding hydrogens is 344 g/mol. The second-order valence-electron chi connectivity index (χ2n) is 5.99. The van der Waals surface area contributed by atoms with Gasteiger partial charge in [-0.05, 0) is 24.1 Å². The van der Waals surface area contributed by atoms with Crippen LogP contribution in [-0.4, -0.2) is 24.1 Å². The SMILES string of the molecule is CCCCNC(=O)c1ccccc1NC(=O)CCSCc1ccccc1. The van der Waals surface area contributed by atoms with Crippen molar-refractivity contribution in [3.05, 3.63) is 65.7 Å². The van der Waals surface area contributed by atoms with Gasteiger partial charge in [-0.1, -0.05) is 55.8 Å². The molecule has 138 valence electrons. The molecule has 5 heteroatoms. The third kappa shape index (κ3) is 6.92. The molecule has 0 atom stereocenters. The number of unbranched alkanes of at least 4 members (excludes halogenated alkanes) is 1. The van der Waals surface area contributed by atoms with Crippen molar-refractivity contribution in [2.75, 3.05) is 17.6 Å². The summed E-state index contributed by atoms with van der Waals surface area (Å²) in [4.78, 5) is 24.5. The van der Waals surface area contributed by atoms with Gasteiger partial charge >= 0.3 is 0 Å². The largest absolute Gasteiger partial charge is 0.352 e. The summed E-state index contributed by atoms with van der Waals surface area (Å²) >= 11 is 1.73. The third-order valence-corrected chi connectivity index (χ3v) is 4.88. The molecule has 0 radical (unpaired) electrons. The maximum atomic E-state index is 12.3. The van der Waals surface area contributed by atoms with Gasteiger partial charge < -0.3 is 10.6 Å². The zero-order valence-corrected chi connectivity index (χ0v) is 16.0. The molecule has 0 aliphatic carbocycles. The van der Waals surface area contributed by atoms with Crippen LogP contribution in [0.2, 0.25) is 0 Å². The second kappa shape index (κ2) is 11.4. The Hall–Kier alpha value is -2.27. The van der Waals surface area contributed by atoms with Crippen molar-refractivity contribution >= 4 is 29.3 Å². The molecule has 0 saturated heterocycles. The summed E-state index contributed by atoms with van der Waals surface area (Å²) in [6, 6.07) is 17.3. The van der Waals surface area contributed by atoms with E-state index in [9.17, 15) is 9.59 Å². The average Bonchev–Trinajstić information content (AvgIpc) is 2.66. The topological polar surface area (TPSA) is 58.2 Å². The molecule has 4 nitrogen and oxygen atoms in total. The van der Waals surface area contributed by atoms with Crippen LogP contribution in [0, 0.1) is 0 Å². The summed E-state index contributed by atoms with van der Waals surface area (Å²) < 4.78 is 0. The fraction of sp³-hybridized carbons (Fsp3) is 0.333. The summed E-state index contributed by atoms with van der Waals surface area (Å²) in [7, 11) is 0. The molecule has 2 aromatic rings. The number of benzene rings is 2. The summed E-state index contributed by atoms with van der Waals surface area (Å²) in [5.41, 5.74) is 2.33. The number of hydrogen-bond acceptors (Lipinski definition) is 3. The van der Waals surface area contributed by atoms with Crippen LogP contribution in [0.5, 0.6) is 0 Å². The van der Waals surface area contributed by atoms with E-state index < -0.39 is 0 Å². The fourth-order valence-electron chi connectivity index (χ4n) is 2.41. The van der Waals surface area contributed by atoms with E-state index in [-0.39, 0.29) is 11.8 Å². The highest BCUT2D eigenvalue weighted by Crippen LogP contribution is 2.17. The monoisotopic (exact) mass is 370 g/mol. The lowest BCUT2D eigenvalue weighted by Gasteiger charge is -2.11. The maximum absolute atomic E-state index is 12.3. The minimum absolute atomic E-state index is 0.0700. The summed E-state index contributed by atoms with van der Waals surface area (Å²) in [5, 5.41) is 5.76. The van der Waals surface area contributed by atoms with Crippen molar-refractivity contribution in [2.24, 2.45) is 0 Å². The second-order valence-corrected chi connectivity index (χ2v) is 7.10. The lowest BCUT2D eigenvalue weighted by atomic mass is 10.1. The van der Waals surface area contributed by atoms with Gasteiger partial charge in [0.25, 0.3) is 5.91 Å². The molecule has 0 heterocycles. The molecule has 0 bridgehead atoms. The number of nitrogens with one attached hydrogen (secondary N) is 2. The van der Waals surface area contributed by atoms with Crippen LogP contribution in [0.15, 0.2) is 54.6 Å². The van der Waals surface area contributed by atoms with Gasteiger partial charge in [-0.15, -0.1) is 0 Å². The Labute approximate surface area is 159 Å². The third-order valence-electron chi connectivity index (χ3n) is 3.85. The Morgan fingerprint density at radius 3 is 2.50 bits per heavy atom. The Kier molecular flexibility index (Phi) is 8.76. The number of hydrogen-bond donors (Lipinski definition) is 2. The molecule has 0 aliphatic heterocycles. The van der Waals surface area contributed by atoms with Crippen molar-refractivity contribution < 1.29 is 9.59 Å². The van der Waals surface area contributed by atoms with E-state index in [1.807, 2.05) is 24.3 Å². The van der Waals surface area contributed by atoms with Gasteiger partial charge in [-0.25, -0.2) is 0 Å². The molecule has 2 amide bonds. The Morgan fingerprint density at radius 1 is 1.00 bits per heavy atom. The van der Waals surface area contributed by atoms with Crippen LogP contribution in [0.25, 0.3) is 0 Å². The van der Waals surface area contributed by atoms with Crippen LogP contribution in [0.3, 0.4) is 0 Å². The van der Waals surface area contributed by atoms with Gasteiger partial charge in [-0.3, -0.25) is 9.59 Å². The van der Waals surface area contributed by atoms with Crippen LogP contribution in [0.4, 0.5) is 5.69 Å². The minimum atomic E-state index is -0.146. The van der Waals surface area contributed by atoms with Crippen LogP contribution in [-0.2, 0) is 10.5 Å². The van der Waals surface area contributed by atoms with Gasteiger partial charge in [0.2, 0.25) is 5.91 Å². The normalized spacial score (nSPS) is 10.3. The number of thioether (sulfide) groups is 1. The summed E-state index contributed by atoms with van der Waals surface area (Å²) in [6.45, 7) is 2.73. The van der Waals surface area contributed by atoms with Crippen molar-refractivity contribution in [1.82, 2.24) is 5.32 Å². The van der Waals surface area contributed by atoms with Crippen molar-refractivity contribution in [3.8, 4) is 0 Å². The van der Waals surface area contributed by atoms with E-state index >= 15 is 0 Å². The van der Waals surface area contributed by atoms with E-state index in [1.54, 1.807) is 30.0 Å². The van der Waals surface area contributed by atoms with Gasteiger partial charge in [0.15, 0.2) is 0 Å². The van der Waals surface area contributed by atoms with Crippen LogP contribution < -0.4 is 10.6 Å². The molecule has 0 unspecified atom stereocenters. The number of anilines is 1. The van der Waals surface area contributed by atoms with Crippen LogP contribution >= 0.6 is 11.8 Å². The van der Waals surface area contributed by atoms with Gasteiger partial charge in [0, 0.05) is 24.5 Å². The number of carbonyl (C=O) groups is 2. The molecule has 26 heavy (non-hydrogen) atoms. The molecule has 0 spiro atoms. The first kappa shape index (κ1) is 20.0. The summed E-state index contributed by atoms with van der Waals surface area (Å²) in [6.07, 6.45) is 2.39. The zero-order chi connectivity index (χ0) is 18.6. The molecule has 2 aromatic carbocycles. The highest BCUT2D eigenvalue weighted by atomic mass is 32.2. The highest BCUT2D eigenvalue weighted by molar-refractivity contribution is 7.98. The van der Waals surface area contributed by atoms with Gasteiger partial charge in [-0.2, -0.15) is 11.8 Å². The standard InChI is InChI=1S/C21H26N2O2S/c1-2-3-14-22-21(25)18-11-7-8-12-19(18)23-20(24)13-15-26-16-17-9-5-4-6-10-17/h4-12H,2-3,13-16H2,1H3,(H,22,25)(H,23,24). The Morgan fingerprint density at radius 2 is 1.73 bits per heavy atom. The molecule has 0 aromatic heterocycles. The molecule has 2 N–H and O–H groups in total. The van der Waals surface area contributed by atoms with E-state index in [4.69, 9.17) is 0 Å². The zero-order valence-electron chi connectivity index (χ0n) is 15.2. The molecule has 2 rings (SSSR count). The lowest BCUT2D eigenvalue weighted by molar-refractivity contribution is -0.115. The van der Waals surface area contributed by atoms with Crippen molar-refractivity contribution in [3.63, 3.8) is 0 Å². The number of amides is 2. The summed E-state index contributed by atoms with van der Waals surface area (Å²) in [5.74, 6) is 1.42. The van der Waals surface area contributed by atoms with Crippen molar-refractivity contribution in [2.45, 2.75) is 31.9 Å². The van der Waals surface area contributed by atoms with E-state index in [1.165, 1.54) is 5.56 Å². The first-order chi connectivity index (χ1) is 12.7.